The highest BCUT2D eigenvalue weighted by Crippen LogP contribution is 2.32. The van der Waals surface area contributed by atoms with Gasteiger partial charge in [-0.25, -0.2) is 0 Å². The van der Waals surface area contributed by atoms with Crippen LogP contribution < -0.4 is 10.9 Å². The summed E-state index contributed by atoms with van der Waals surface area (Å²) >= 11 is 9.79. The molecule has 1 aliphatic rings. The third-order valence-corrected chi connectivity index (χ3v) is 6.11. The van der Waals surface area contributed by atoms with Crippen LogP contribution in [0.15, 0.2) is 57.9 Å². The number of nitrogens with one attached hydrogen (secondary N) is 2. The number of thioether (sulfide) groups is 1. The molecular formula is C20H15BrN4O5S2. The predicted molar refractivity (Wildman–Crippen MR) is 127 cm³/mol. The van der Waals surface area contributed by atoms with Crippen molar-refractivity contribution in [2.75, 3.05) is 6.54 Å². The summed E-state index contributed by atoms with van der Waals surface area (Å²) in [5.74, 6) is -1.44. The quantitative estimate of drug-likeness (QED) is 0.252. The number of nitro benzene ring substituents is 1. The van der Waals surface area contributed by atoms with Crippen LogP contribution in [0.5, 0.6) is 0 Å². The Bertz CT molecular complexity index is 1140. The van der Waals surface area contributed by atoms with Crippen molar-refractivity contribution in [1.29, 1.82) is 0 Å². The van der Waals surface area contributed by atoms with Crippen LogP contribution in [-0.2, 0) is 9.59 Å². The molecule has 0 atom stereocenters. The first-order valence-electron chi connectivity index (χ1n) is 9.09. The fourth-order valence-corrected chi connectivity index (χ4v) is 4.38. The molecule has 12 heteroatoms. The second-order valence-corrected chi connectivity index (χ2v) is 9.04. The molecule has 0 bridgehead atoms. The number of carbonyl (C=O) groups excluding carboxylic acids is 3. The zero-order valence-electron chi connectivity index (χ0n) is 16.2. The van der Waals surface area contributed by atoms with E-state index >= 15 is 0 Å². The van der Waals surface area contributed by atoms with Crippen molar-refractivity contribution in [1.82, 2.24) is 15.8 Å². The molecule has 3 rings (SSSR count). The molecule has 2 aromatic carbocycles. The third kappa shape index (κ3) is 5.99. The van der Waals surface area contributed by atoms with Crippen LogP contribution in [0.4, 0.5) is 5.69 Å². The number of amides is 3. The van der Waals surface area contributed by atoms with Crippen LogP contribution in [0.2, 0.25) is 0 Å². The summed E-state index contributed by atoms with van der Waals surface area (Å²) in [7, 11) is 0. The molecule has 9 nitrogen and oxygen atoms in total. The summed E-state index contributed by atoms with van der Waals surface area (Å²) in [6.45, 7) is 0.0553. The van der Waals surface area contributed by atoms with Gasteiger partial charge >= 0.3 is 0 Å². The van der Waals surface area contributed by atoms with Gasteiger partial charge in [-0.3, -0.25) is 40.2 Å². The summed E-state index contributed by atoms with van der Waals surface area (Å²) in [5, 5.41) is 10.7. The van der Waals surface area contributed by atoms with Gasteiger partial charge < -0.3 is 0 Å². The van der Waals surface area contributed by atoms with Crippen LogP contribution >= 0.6 is 39.9 Å². The number of halogens is 1. The lowest BCUT2D eigenvalue weighted by atomic mass is 10.2. The molecule has 32 heavy (non-hydrogen) atoms. The van der Waals surface area contributed by atoms with E-state index in [9.17, 15) is 24.5 Å². The van der Waals surface area contributed by atoms with Crippen molar-refractivity contribution in [3.8, 4) is 0 Å². The second kappa shape index (κ2) is 10.5. The van der Waals surface area contributed by atoms with E-state index in [0.29, 0.717) is 9.23 Å². The van der Waals surface area contributed by atoms with Crippen LogP contribution in [-0.4, -0.2) is 38.4 Å². The van der Waals surface area contributed by atoms with E-state index in [2.05, 4.69) is 26.8 Å². The number of hydrogen-bond donors (Lipinski definition) is 2. The maximum atomic E-state index is 12.6. The number of thiocarbonyl (C=S) groups is 1. The first-order chi connectivity index (χ1) is 15.2. The number of hydrogen-bond acceptors (Lipinski definition) is 7. The molecule has 0 spiro atoms. The SMILES string of the molecule is O=C(CCN1C(=O)/C(=C/c2cccc(Br)c2)SC1=S)NNC(=O)c1ccc([N+](=O)[O-])cc1. The Morgan fingerprint density at radius 2 is 1.91 bits per heavy atom. The molecular weight excluding hydrogens is 520 g/mol. The second-order valence-electron chi connectivity index (χ2n) is 6.44. The van der Waals surface area contributed by atoms with E-state index in [1.165, 1.54) is 29.2 Å². The molecule has 1 heterocycles. The molecule has 164 valence electrons. The Morgan fingerprint density at radius 3 is 2.56 bits per heavy atom. The molecule has 1 fully saturated rings. The number of non-ortho nitro benzene ring substituents is 1. The topological polar surface area (TPSA) is 122 Å². The zero-order valence-corrected chi connectivity index (χ0v) is 19.5. The number of nitrogens with zero attached hydrogens (tertiary/aromatic N) is 2. The molecule has 2 N–H and O–H groups in total. The van der Waals surface area contributed by atoms with Gasteiger partial charge in [0.05, 0.1) is 9.83 Å². The maximum Gasteiger partial charge on any atom is 0.269 e. The highest BCUT2D eigenvalue weighted by Gasteiger charge is 2.32. The van der Waals surface area contributed by atoms with Crippen LogP contribution in [0.1, 0.15) is 22.3 Å². The van der Waals surface area contributed by atoms with E-state index in [1.54, 1.807) is 6.08 Å². The van der Waals surface area contributed by atoms with E-state index in [4.69, 9.17) is 12.2 Å². The fourth-order valence-electron chi connectivity index (χ4n) is 2.65. The number of nitro groups is 1. The fraction of sp³-hybridized carbons (Fsp3) is 0.100. The Kier molecular flexibility index (Phi) is 7.72. The van der Waals surface area contributed by atoms with Crippen molar-refractivity contribution in [2.45, 2.75) is 6.42 Å². The van der Waals surface area contributed by atoms with Gasteiger partial charge in [0.1, 0.15) is 4.32 Å². The minimum Gasteiger partial charge on any atom is -0.292 e. The number of hydrazine groups is 1. The number of rotatable bonds is 6. The molecule has 0 aromatic heterocycles. The molecule has 0 unspecified atom stereocenters. The molecule has 1 saturated heterocycles. The van der Waals surface area contributed by atoms with Crippen LogP contribution in [0, 0.1) is 10.1 Å². The van der Waals surface area contributed by atoms with Gasteiger partial charge in [0.25, 0.3) is 17.5 Å². The molecule has 2 aromatic rings. The van der Waals surface area contributed by atoms with Gasteiger partial charge in [-0.2, -0.15) is 0 Å². The lowest BCUT2D eigenvalue weighted by Gasteiger charge is -2.14. The minimum absolute atomic E-state index is 0.0553. The number of benzene rings is 2. The van der Waals surface area contributed by atoms with E-state index in [-0.39, 0.29) is 30.1 Å². The Labute approximate surface area is 200 Å². The van der Waals surface area contributed by atoms with Gasteiger partial charge in [-0.1, -0.05) is 52.0 Å². The van der Waals surface area contributed by atoms with E-state index < -0.39 is 16.7 Å². The number of carbonyl (C=O) groups is 3. The van der Waals surface area contributed by atoms with Gasteiger partial charge in [0, 0.05) is 35.1 Å². The zero-order chi connectivity index (χ0) is 23.3. The molecule has 0 aliphatic carbocycles. The van der Waals surface area contributed by atoms with Crippen molar-refractivity contribution in [2.24, 2.45) is 0 Å². The van der Waals surface area contributed by atoms with Crippen LogP contribution in [0.3, 0.4) is 0 Å². The normalized spacial score (nSPS) is 14.5. The standard InChI is InChI=1S/C20H15BrN4O5S2/c21-14-3-1-2-12(10-14)11-16-19(28)24(20(31)32-16)9-8-17(26)22-23-18(27)13-4-6-15(7-5-13)25(29)30/h1-7,10-11H,8-9H2,(H,22,26)(H,23,27)/b16-11-. The van der Waals surface area contributed by atoms with Gasteiger partial charge in [0.15, 0.2) is 0 Å². The third-order valence-electron chi connectivity index (χ3n) is 4.24. The minimum atomic E-state index is -0.629. The first kappa shape index (κ1) is 23.6. The van der Waals surface area contributed by atoms with E-state index in [0.717, 1.165) is 21.8 Å². The Balaban J connectivity index is 1.51. The average molecular weight is 535 g/mol. The lowest BCUT2D eigenvalue weighted by molar-refractivity contribution is -0.384. The van der Waals surface area contributed by atoms with Gasteiger partial charge in [-0.15, -0.1) is 0 Å². The largest absolute Gasteiger partial charge is 0.292 e. The molecule has 1 aliphatic heterocycles. The summed E-state index contributed by atoms with van der Waals surface area (Å²) in [6.07, 6.45) is 1.64. The molecule has 0 saturated carbocycles. The smallest absolute Gasteiger partial charge is 0.269 e. The van der Waals surface area contributed by atoms with E-state index in [1.807, 2.05) is 24.3 Å². The summed E-state index contributed by atoms with van der Waals surface area (Å²) in [4.78, 5) is 48.6. The Hall–Kier alpha value is -3.09. The van der Waals surface area contributed by atoms with Crippen LogP contribution in [0.25, 0.3) is 6.08 Å². The monoisotopic (exact) mass is 534 g/mol. The van der Waals surface area contributed by atoms with Crippen molar-refractivity contribution < 1.29 is 19.3 Å². The first-order valence-corrected chi connectivity index (χ1v) is 11.1. The maximum absolute atomic E-state index is 12.6. The molecule has 0 radical (unpaired) electrons. The summed E-state index contributed by atoms with van der Waals surface area (Å²) in [6, 6.07) is 12.4. The Morgan fingerprint density at radius 1 is 1.19 bits per heavy atom. The predicted octanol–water partition coefficient (Wildman–Crippen LogP) is 3.41. The lowest BCUT2D eigenvalue weighted by Crippen LogP contribution is -2.43. The van der Waals surface area contributed by atoms with Gasteiger partial charge in [0.2, 0.25) is 5.91 Å². The van der Waals surface area contributed by atoms with Gasteiger partial charge in [-0.05, 0) is 35.9 Å². The summed E-state index contributed by atoms with van der Waals surface area (Å²) < 4.78 is 1.23. The summed E-state index contributed by atoms with van der Waals surface area (Å²) in [5.41, 5.74) is 5.31. The average Bonchev–Trinajstić information content (AvgIpc) is 3.02. The molecule has 3 amide bonds. The highest BCUT2D eigenvalue weighted by atomic mass is 79.9. The van der Waals surface area contributed by atoms with Crippen molar-refractivity contribution in [3.05, 3.63) is 79.2 Å². The van der Waals surface area contributed by atoms with Crippen molar-refractivity contribution >= 4 is 73.7 Å². The highest BCUT2D eigenvalue weighted by molar-refractivity contribution is 9.10. The van der Waals surface area contributed by atoms with Crippen molar-refractivity contribution in [3.63, 3.8) is 0 Å².